The Labute approximate surface area is 126 Å². The van der Waals surface area contributed by atoms with Gasteiger partial charge >= 0.3 is 0 Å². The van der Waals surface area contributed by atoms with Crippen LogP contribution in [0.5, 0.6) is 0 Å². The van der Waals surface area contributed by atoms with Crippen LogP contribution in [0.4, 0.5) is 0 Å². The van der Waals surface area contributed by atoms with Gasteiger partial charge in [0.2, 0.25) is 5.91 Å². The largest absolute Gasteiger partial charge is 0.342 e. The summed E-state index contributed by atoms with van der Waals surface area (Å²) in [6, 6.07) is 1.21. The summed E-state index contributed by atoms with van der Waals surface area (Å²) >= 11 is 0. The Morgan fingerprint density at radius 3 is 2.67 bits per heavy atom. The zero-order valence-corrected chi connectivity index (χ0v) is 13.1. The molecule has 116 valence electrons. The summed E-state index contributed by atoms with van der Waals surface area (Å²) in [4.78, 5) is 18.3. The molecule has 21 heavy (non-hydrogen) atoms. The molecule has 1 N–H and O–H groups in total. The molecule has 2 aliphatic rings. The lowest BCUT2D eigenvalue weighted by molar-refractivity contribution is -0.135. The zero-order chi connectivity index (χ0) is 14.8. The average molecular weight is 290 g/mol. The Bertz CT molecular complexity index is 484. The van der Waals surface area contributed by atoms with E-state index in [1.54, 1.807) is 0 Å². The molecule has 1 aromatic heterocycles. The molecule has 0 unspecified atom stereocenters. The smallest absolute Gasteiger partial charge is 0.225 e. The van der Waals surface area contributed by atoms with Gasteiger partial charge < -0.3 is 14.8 Å². The highest BCUT2D eigenvalue weighted by atomic mass is 16.2. The monoisotopic (exact) mass is 290 g/mol. The first-order valence-electron chi connectivity index (χ1n) is 8.18. The van der Waals surface area contributed by atoms with E-state index in [2.05, 4.69) is 14.9 Å². The van der Waals surface area contributed by atoms with Crippen LogP contribution in [-0.2, 0) is 11.3 Å². The summed E-state index contributed by atoms with van der Waals surface area (Å²) in [6.07, 6.45) is 8.62. The van der Waals surface area contributed by atoms with E-state index in [1.165, 1.54) is 18.5 Å². The fourth-order valence-electron chi connectivity index (χ4n) is 3.07. The van der Waals surface area contributed by atoms with Gasteiger partial charge in [0, 0.05) is 43.8 Å². The van der Waals surface area contributed by atoms with Crippen LogP contribution in [0, 0.1) is 5.92 Å². The standard InChI is InChI=1S/C16H26N4O/c1-12(2)16(21)19-7-5-13(6-8-19)18-10-15-9-17-11-20(15)14-3-4-14/h9,11-14,18H,3-8,10H2,1-2H3. The molecule has 1 saturated heterocycles. The zero-order valence-electron chi connectivity index (χ0n) is 13.1. The summed E-state index contributed by atoms with van der Waals surface area (Å²) in [5.41, 5.74) is 1.29. The van der Waals surface area contributed by atoms with Crippen molar-refractivity contribution in [1.29, 1.82) is 0 Å². The van der Waals surface area contributed by atoms with Crippen molar-refractivity contribution in [3.63, 3.8) is 0 Å². The molecule has 1 aliphatic heterocycles. The van der Waals surface area contributed by atoms with Gasteiger partial charge in [-0.05, 0) is 25.7 Å². The number of hydrogen-bond acceptors (Lipinski definition) is 3. The third kappa shape index (κ3) is 3.46. The Hall–Kier alpha value is -1.36. The van der Waals surface area contributed by atoms with Gasteiger partial charge in [-0.25, -0.2) is 4.98 Å². The second kappa shape index (κ2) is 6.18. The molecule has 0 aromatic carbocycles. The van der Waals surface area contributed by atoms with E-state index in [9.17, 15) is 4.79 Å². The highest BCUT2D eigenvalue weighted by Gasteiger charge is 2.26. The SMILES string of the molecule is CC(C)C(=O)N1CCC(NCc2cncn2C2CC2)CC1. The fraction of sp³-hybridized carbons (Fsp3) is 0.750. The minimum atomic E-state index is 0.113. The molecule has 1 aromatic rings. The first-order valence-corrected chi connectivity index (χ1v) is 8.18. The summed E-state index contributed by atoms with van der Waals surface area (Å²) < 4.78 is 2.31. The minimum Gasteiger partial charge on any atom is -0.342 e. The average Bonchev–Trinajstić information content (AvgIpc) is 3.23. The van der Waals surface area contributed by atoms with Gasteiger partial charge in [-0.2, -0.15) is 0 Å². The van der Waals surface area contributed by atoms with E-state index in [4.69, 9.17) is 0 Å². The lowest BCUT2D eigenvalue weighted by Gasteiger charge is -2.33. The number of nitrogens with zero attached hydrogens (tertiary/aromatic N) is 3. The van der Waals surface area contributed by atoms with Gasteiger partial charge in [-0.1, -0.05) is 13.8 Å². The predicted molar refractivity (Wildman–Crippen MR) is 81.8 cm³/mol. The van der Waals surface area contributed by atoms with E-state index >= 15 is 0 Å². The van der Waals surface area contributed by atoms with Crippen molar-refractivity contribution in [1.82, 2.24) is 19.8 Å². The maximum Gasteiger partial charge on any atom is 0.225 e. The number of hydrogen-bond donors (Lipinski definition) is 1. The van der Waals surface area contributed by atoms with E-state index in [-0.39, 0.29) is 5.92 Å². The second-order valence-corrected chi connectivity index (χ2v) is 6.66. The molecule has 1 saturated carbocycles. The highest BCUT2D eigenvalue weighted by molar-refractivity contribution is 5.78. The van der Waals surface area contributed by atoms with Crippen molar-refractivity contribution in [2.45, 2.75) is 58.2 Å². The van der Waals surface area contributed by atoms with E-state index in [0.29, 0.717) is 18.0 Å². The molecule has 0 bridgehead atoms. The van der Waals surface area contributed by atoms with E-state index < -0.39 is 0 Å². The number of carbonyl (C=O) groups excluding carboxylic acids is 1. The Morgan fingerprint density at radius 1 is 1.33 bits per heavy atom. The fourth-order valence-corrected chi connectivity index (χ4v) is 3.07. The molecular formula is C16H26N4O. The number of aromatic nitrogens is 2. The van der Waals surface area contributed by atoms with Crippen LogP contribution >= 0.6 is 0 Å². The van der Waals surface area contributed by atoms with Crippen molar-refractivity contribution in [3.05, 3.63) is 18.2 Å². The van der Waals surface area contributed by atoms with Crippen molar-refractivity contribution in [2.24, 2.45) is 5.92 Å². The Balaban J connectivity index is 1.45. The first-order chi connectivity index (χ1) is 10.1. The number of imidazole rings is 1. The van der Waals surface area contributed by atoms with Gasteiger partial charge in [0.05, 0.1) is 12.0 Å². The molecular weight excluding hydrogens is 264 g/mol. The molecule has 0 spiro atoms. The molecule has 0 radical (unpaired) electrons. The summed E-state index contributed by atoms with van der Waals surface area (Å²) in [6.45, 7) is 6.61. The topological polar surface area (TPSA) is 50.2 Å². The summed E-state index contributed by atoms with van der Waals surface area (Å²) in [7, 11) is 0. The Kier molecular flexibility index (Phi) is 4.29. The van der Waals surface area contributed by atoms with Gasteiger partial charge in [0.1, 0.15) is 0 Å². The van der Waals surface area contributed by atoms with Crippen LogP contribution in [0.25, 0.3) is 0 Å². The molecule has 5 nitrogen and oxygen atoms in total. The number of carbonyl (C=O) groups is 1. The summed E-state index contributed by atoms with van der Waals surface area (Å²) in [5, 5.41) is 3.64. The normalized spacial score (nSPS) is 20.2. The number of rotatable bonds is 5. The van der Waals surface area contributed by atoms with Crippen molar-refractivity contribution in [3.8, 4) is 0 Å². The van der Waals surface area contributed by atoms with Crippen molar-refractivity contribution < 1.29 is 4.79 Å². The molecule has 0 atom stereocenters. The van der Waals surface area contributed by atoms with E-state index in [1.807, 2.05) is 31.3 Å². The minimum absolute atomic E-state index is 0.113. The molecule has 1 aliphatic carbocycles. The number of piperidine rings is 1. The summed E-state index contributed by atoms with van der Waals surface area (Å²) in [5.74, 6) is 0.405. The maximum absolute atomic E-state index is 12.0. The third-order valence-electron chi connectivity index (χ3n) is 4.56. The Morgan fingerprint density at radius 2 is 2.05 bits per heavy atom. The first kappa shape index (κ1) is 14.6. The van der Waals surface area contributed by atoms with Crippen molar-refractivity contribution in [2.75, 3.05) is 13.1 Å². The van der Waals surface area contributed by atoms with Crippen LogP contribution in [-0.4, -0.2) is 39.5 Å². The van der Waals surface area contributed by atoms with E-state index in [0.717, 1.165) is 32.5 Å². The quantitative estimate of drug-likeness (QED) is 0.902. The van der Waals surface area contributed by atoms with Gasteiger partial charge in [-0.15, -0.1) is 0 Å². The van der Waals surface area contributed by atoms with Crippen LogP contribution in [0.2, 0.25) is 0 Å². The lowest BCUT2D eigenvalue weighted by Crippen LogP contribution is -2.46. The number of amides is 1. The molecule has 2 fully saturated rings. The van der Waals surface area contributed by atoms with Crippen LogP contribution < -0.4 is 5.32 Å². The number of likely N-dealkylation sites (tertiary alicyclic amines) is 1. The van der Waals surface area contributed by atoms with Gasteiger partial charge in [0.15, 0.2) is 0 Å². The van der Waals surface area contributed by atoms with Crippen LogP contribution in [0.15, 0.2) is 12.5 Å². The van der Waals surface area contributed by atoms with Crippen molar-refractivity contribution >= 4 is 5.91 Å². The molecule has 5 heteroatoms. The van der Waals surface area contributed by atoms with Gasteiger partial charge in [0.25, 0.3) is 0 Å². The molecule has 2 heterocycles. The second-order valence-electron chi connectivity index (χ2n) is 6.66. The highest BCUT2D eigenvalue weighted by Crippen LogP contribution is 2.35. The lowest BCUT2D eigenvalue weighted by atomic mass is 10.0. The maximum atomic E-state index is 12.0. The van der Waals surface area contributed by atoms with Crippen LogP contribution in [0.3, 0.4) is 0 Å². The van der Waals surface area contributed by atoms with Gasteiger partial charge in [-0.3, -0.25) is 4.79 Å². The third-order valence-corrected chi connectivity index (χ3v) is 4.56. The molecule has 1 amide bonds. The predicted octanol–water partition coefficient (Wildman–Crippen LogP) is 1.95. The van der Waals surface area contributed by atoms with Crippen LogP contribution in [0.1, 0.15) is 51.3 Å². The number of nitrogens with one attached hydrogen (secondary N) is 1. The molecule has 3 rings (SSSR count).